The Labute approximate surface area is 172 Å². The van der Waals surface area contributed by atoms with Gasteiger partial charge < -0.3 is 0 Å². The lowest BCUT2D eigenvalue weighted by Gasteiger charge is -2.05. The first-order chi connectivity index (χ1) is 13.1. The van der Waals surface area contributed by atoms with Crippen molar-refractivity contribution in [3.8, 4) is 0 Å². The summed E-state index contributed by atoms with van der Waals surface area (Å²) in [5, 5.41) is 4.20. The normalized spacial score (nSPS) is 11.3. The highest BCUT2D eigenvalue weighted by Gasteiger charge is 2.05. The minimum Gasteiger partial charge on any atom is -0.267 e. The maximum atomic E-state index is 12.3. The minimum absolute atomic E-state index is 0.214. The summed E-state index contributed by atoms with van der Waals surface area (Å²) in [6.07, 6.45) is 0. The highest BCUT2D eigenvalue weighted by molar-refractivity contribution is 9.10. The van der Waals surface area contributed by atoms with Crippen molar-refractivity contribution in [3.05, 3.63) is 100 Å². The molecule has 0 unspecified atom stereocenters. The van der Waals surface area contributed by atoms with Crippen molar-refractivity contribution in [2.24, 2.45) is 5.10 Å². The molecule has 0 aliphatic heterocycles. The summed E-state index contributed by atoms with van der Waals surface area (Å²) >= 11 is 5.18. The summed E-state index contributed by atoms with van der Waals surface area (Å²) in [6, 6.07) is 25.7. The van der Waals surface area contributed by atoms with Gasteiger partial charge in [-0.3, -0.25) is 4.79 Å². The van der Waals surface area contributed by atoms with Gasteiger partial charge in [0.15, 0.2) is 0 Å². The SMILES string of the molecule is C/C(=N/NC(=O)c1ccc(CSc2ccccc2)cc1)c1ccc(Br)cc1. The van der Waals surface area contributed by atoms with Crippen molar-refractivity contribution >= 4 is 39.3 Å². The molecule has 0 aromatic heterocycles. The lowest BCUT2D eigenvalue weighted by atomic mass is 10.1. The number of halogens is 1. The van der Waals surface area contributed by atoms with Gasteiger partial charge in [0.25, 0.3) is 5.91 Å². The number of nitrogens with one attached hydrogen (secondary N) is 1. The fraction of sp³-hybridized carbons (Fsp3) is 0.0909. The van der Waals surface area contributed by atoms with E-state index in [4.69, 9.17) is 0 Å². The molecule has 0 fully saturated rings. The number of hydrogen-bond acceptors (Lipinski definition) is 3. The zero-order valence-corrected chi connectivity index (χ0v) is 17.3. The standard InChI is InChI=1S/C22H19BrN2OS/c1-16(18-11-13-20(23)14-12-18)24-25-22(26)19-9-7-17(8-10-19)15-27-21-5-3-2-4-6-21/h2-14H,15H2,1H3,(H,25,26)/b24-16-. The Morgan fingerprint density at radius 1 is 0.926 bits per heavy atom. The third kappa shape index (κ3) is 5.81. The Balaban J connectivity index is 1.57. The highest BCUT2D eigenvalue weighted by atomic mass is 79.9. The van der Waals surface area contributed by atoms with E-state index < -0.39 is 0 Å². The van der Waals surface area contributed by atoms with E-state index >= 15 is 0 Å². The number of hydrogen-bond donors (Lipinski definition) is 1. The van der Waals surface area contributed by atoms with Crippen LogP contribution in [0.15, 0.2) is 93.3 Å². The molecular weight excluding hydrogens is 420 g/mol. The second-order valence-corrected chi connectivity index (χ2v) is 7.91. The first-order valence-corrected chi connectivity index (χ1v) is 10.3. The van der Waals surface area contributed by atoms with Crippen LogP contribution in [0.2, 0.25) is 0 Å². The fourth-order valence-corrected chi connectivity index (χ4v) is 3.53. The molecule has 0 radical (unpaired) electrons. The summed E-state index contributed by atoms with van der Waals surface area (Å²) in [5.74, 6) is 0.654. The molecule has 27 heavy (non-hydrogen) atoms. The van der Waals surface area contributed by atoms with Crippen molar-refractivity contribution in [1.82, 2.24) is 5.43 Å². The number of hydrazone groups is 1. The molecule has 3 aromatic carbocycles. The number of benzene rings is 3. The number of nitrogens with zero attached hydrogens (tertiary/aromatic N) is 1. The monoisotopic (exact) mass is 438 g/mol. The molecule has 0 saturated carbocycles. The molecule has 3 aromatic rings. The first kappa shape index (κ1) is 19.4. The van der Waals surface area contributed by atoms with Crippen LogP contribution in [-0.4, -0.2) is 11.6 Å². The van der Waals surface area contributed by atoms with Crippen molar-refractivity contribution in [1.29, 1.82) is 0 Å². The van der Waals surface area contributed by atoms with Gasteiger partial charge in [-0.05, 0) is 54.4 Å². The van der Waals surface area contributed by atoms with E-state index in [0.717, 1.165) is 21.5 Å². The fourth-order valence-electron chi connectivity index (χ4n) is 2.39. The van der Waals surface area contributed by atoms with Crippen LogP contribution in [0.25, 0.3) is 0 Å². The molecule has 136 valence electrons. The summed E-state index contributed by atoms with van der Waals surface area (Å²) < 4.78 is 1.01. The van der Waals surface area contributed by atoms with Crippen LogP contribution in [0.4, 0.5) is 0 Å². The third-order valence-corrected chi connectivity index (χ3v) is 5.56. The van der Waals surface area contributed by atoms with Crippen LogP contribution in [0.1, 0.15) is 28.4 Å². The molecule has 0 heterocycles. The summed E-state index contributed by atoms with van der Waals surface area (Å²) in [6.45, 7) is 1.87. The molecule has 0 spiro atoms. The Morgan fingerprint density at radius 3 is 2.22 bits per heavy atom. The molecule has 3 rings (SSSR count). The predicted octanol–water partition coefficient (Wildman–Crippen LogP) is 5.90. The molecule has 3 nitrogen and oxygen atoms in total. The van der Waals surface area contributed by atoms with E-state index in [1.54, 1.807) is 11.8 Å². The topological polar surface area (TPSA) is 41.5 Å². The van der Waals surface area contributed by atoms with E-state index in [1.165, 1.54) is 10.5 Å². The molecule has 5 heteroatoms. The van der Waals surface area contributed by atoms with Gasteiger partial charge in [0.1, 0.15) is 0 Å². The number of carbonyl (C=O) groups excluding carboxylic acids is 1. The number of amides is 1. The Morgan fingerprint density at radius 2 is 1.56 bits per heavy atom. The van der Waals surface area contributed by atoms with E-state index in [-0.39, 0.29) is 5.91 Å². The Hall–Kier alpha value is -2.37. The maximum absolute atomic E-state index is 12.3. The predicted molar refractivity (Wildman–Crippen MR) is 116 cm³/mol. The zero-order chi connectivity index (χ0) is 19.1. The molecule has 0 aliphatic rings. The van der Waals surface area contributed by atoms with Gasteiger partial charge in [0.2, 0.25) is 0 Å². The van der Waals surface area contributed by atoms with Crippen LogP contribution >= 0.6 is 27.7 Å². The van der Waals surface area contributed by atoms with Crippen LogP contribution in [0.3, 0.4) is 0 Å². The zero-order valence-electron chi connectivity index (χ0n) is 14.9. The average molecular weight is 439 g/mol. The Kier molecular flexibility index (Phi) is 6.85. The van der Waals surface area contributed by atoms with Gasteiger partial charge in [-0.15, -0.1) is 11.8 Å². The van der Waals surface area contributed by atoms with Crippen LogP contribution in [0.5, 0.6) is 0 Å². The maximum Gasteiger partial charge on any atom is 0.271 e. The molecule has 0 aliphatic carbocycles. The summed E-state index contributed by atoms with van der Waals surface area (Å²) in [5.41, 5.74) is 6.11. The first-order valence-electron chi connectivity index (χ1n) is 8.49. The van der Waals surface area contributed by atoms with E-state index in [9.17, 15) is 4.79 Å². The van der Waals surface area contributed by atoms with Crippen molar-refractivity contribution in [3.63, 3.8) is 0 Å². The van der Waals surface area contributed by atoms with Gasteiger partial charge in [-0.1, -0.05) is 58.4 Å². The highest BCUT2D eigenvalue weighted by Crippen LogP contribution is 2.22. The number of rotatable bonds is 6. The second-order valence-electron chi connectivity index (χ2n) is 5.94. The molecular formula is C22H19BrN2OS. The third-order valence-electron chi connectivity index (χ3n) is 3.95. The summed E-state index contributed by atoms with van der Waals surface area (Å²) in [7, 11) is 0. The van der Waals surface area contributed by atoms with E-state index in [1.807, 2.05) is 73.7 Å². The van der Waals surface area contributed by atoms with Crippen LogP contribution < -0.4 is 5.43 Å². The van der Waals surface area contributed by atoms with Gasteiger partial charge in [-0.25, -0.2) is 5.43 Å². The summed E-state index contributed by atoms with van der Waals surface area (Å²) in [4.78, 5) is 13.5. The lowest BCUT2D eigenvalue weighted by Crippen LogP contribution is -2.19. The van der Waals surface area contributed by atoms with Crippen molar-refractivity contribution in [2.45, 2.75) is 17.6 Å². The average Bonchev–Trinajstić information content (AvgIpc) is 2.72. The van der Waals surface area contributed by atoms with Gasteiger partial charge >= 0.3 is 0 Å². The van der Waals surface area contributed by atoms with Crippen molar-refractivity contribution in [2.75, 3.05) is 0 Å². The minimum atomic E-state index is -0.214. The molecule has 1 N–H and O–H groups in total. The van der Waals surface area contributed by atoms with E-state index in [2.05, 4.69) is 38.6 Å². The smallest absolute Gasteiger partial charge is 0.267 e. The largest absolute Gasteiger partial charge is 0.271 e. The van der Waals surface area contributed by atoms with Gasteiger partial charge in [0.05, 0.1) is 5.71 Å². The van der Waals surface area contributed by atoms with Crippen molar-refractivity contribution < 1.29 is 4.79 Å². The van der Waals surface area contributed by atoms with Gasteiger partial charge in [-0.2, -0.15) is 5.10 Å². The van der Waals surface area contributed by atoms with Crippen LogP contribution in [0, 0.1) is 0 Å². The number of thioether (sulfide) groups is 1. The molecule has 0 bridgehead atoms. The van der Waals surface area contributed by atoms with Gasteiger partial charge in [0, 0.05) is 20.7 Å². The molecule has 0 atom stereocenters. The second kappa shape index (κ2) is 9.53. The van der Waals surface area contributed by atoms with E-state index in [0.29, 0.717) is 5.56 Å². The molecule has 0 saturated heterocycles. The van der Waals surface area contributed by atoms with Crippen LogP contribution in [-0.2, 0) is 5.75 Å². The Bertz CT molecular complexity index is 923. The molecule has 1 amide bonds. The lowest BCUT2D eigenvalue weighted by molar-refractivity contribution is 0.0955. The quantitative estimate of drug-likeness (QED) is 0.295. The number of carbonyl (C=O) groups is 1.